The minimum Gasteiger partial charge on any atom is -0.469 e. The van der Waals surface area contributed by atoms with Crippen LogP contribution in [-0.4, -0.2) is 30.1 Å². The first-order valence-electron chi connectivity index (χ1n) is 10.5. The zero-order valence-electron chi connectivity index (χ0n) is 18.5. The normalized spacial score (nSPS) is 15.9. The number of aliphatic hydroxyl groups is 1. The molecule has 1 unspecified atom stereocenters. The van der Waals surface area contributed by atoms with Crippen LogP contribution in [0.3, 0.4) is 0 Å². The first-order chi connectivity index (χ1) is 15.2. The third-order valence-corrected chi connectivity index (χ3v) is 5.50. The highest BCUT2D eigenvalue weighted by Crippen LogP contribution is 2.43. The van der Waals surface area contributed by atoms with E-state index in [2.05, 4.69) is 30.7 Å². The molecule has 0 radical (unpaired) electrons. The van der Waals surface area contributed by atoms with E-state index in [0.29, 0.717) is 0 Å². The van der Waals surface area contributed by atoms with Crippen molar-refractivity contribution in [3.63, 3.8) is 0 Å². The minimum absolute atomic E-state index is 0.183. The number of methoxy groups -OCH3 is 1. The molecule has 0 aromatic heterocycles. The first-order valence-corrected chi connectivity index (χ1v) is 10.5. The van der Waals surface area contributed by atoms with Crippen molar-refractivity contribution in [1.29, 1.82) is 0 Å². The van der Waals surface area contributed by atoms with Crippen molar-refractivity contribution in [2.75, 3.05) is 7.11 Å². The molecular weight excluding hydrogens is 407 g/mol. The summed E-state index contributed by atoms with van der Waals surface area (Å²) in [7, 11) is 1.22. The molecule has 2 aromatic rings. The molecule has 2 aromatic carbocycles. The van der Waals surface area contributed by atoms with Crippen LogP contribution >= 0.6 is 0 Å². The van der Waals surface area contributed by atoms with Crippen molar-refractivity contribution in [3.8, 4) is 0 Å². The molecule has 0 spiro atoms. The number of carbonyl (C=O) groups is 2. The summed E-state index contributed by atoms with van der Waals surface area (Å²) >= 11 is 0. The fourth-order valence-corrected chi connectivity index (χ4v) is 3.76. The lowest BCUT2D eigenvalue weighted by Crippen LogP contribution is -2.16. The Bertz CT molecular complexity index is 1090. The third-order valence-electron chi connectivity index (χ3n) is 5.50. The maximum Gasteiger partial charge on any atom is 0.313 e. The summed E-state index contributed by atoms with van der Waals surface area (Å²) in [5, 5.41) is 10.4. The van der Waals surface area contributed by atoms with Crippen molar-refractivity contribution in [2.24, 2.45) is 5.41 Å². The summed E-state index contributed by atoms with van der Waals surface area (Å²) in [5.41, 5.74) is 4.33. The second-order valence-electron chi connectivity index (χ2n) is 8.36. The Balaban J connectivity index is 2.05. The molecule has 4 nitrogen and oxygen atoms in total. The van der Waals surface area contributed by atoms with E-state index in [0.717, 1.165) is 27.8 Å². The average molecular weight is 435 g/mol. The number of allylic oxidation sites excluding steroid dienone is 3. The highest BCUT2D eigenvalue weighted by Gasteiger charge is 2.27. The minimum atomic E-state index is -1.05. The molecule has 5 heteroatoms. The SMILES string of the molecule is COC(=O)CC(=O)CC(O)C=CC1=C(c2ccc(F)cc2)c2ccccc2C=CC1(C)C. The van der Waals surface area contributed by atoms with Gasteiger partial charge >= 0.3 is 5.97 Å². The third kappa shape index (κ3) is 5.48. The molecule has 0 heterocycles. The second kappa shape index (κ2) is 9.88. The summed E-state index contributed by atoms with van der Waals surface area (Å²) in [5.74, 6) is -1.34. The van der Waals surface area contributed by atoms with Gasteiger partial charge in [0.2, 0.25) is 0 Å². The van der Waals surface area contributed by atoms with Crippen LogP contribution in [0.1, 0.15) is 43.4 Å². The summed E-state index contributed by atoms with van der Waals surface area (Å²) in [4.78, 5) is 23.3. The predicted molar refractivity (Wildman–Crippen MR) is 123 cm³/mol. The van der Waals surface area contributed by atoms with Crippen molar-refractivity contribution in [2.45, 2.75) is 32.8 Å². The van der Waals surface area contributed by atoms with Crippen molar-refractivity contribution in [3.05, 3.63) is 94.8 Å². The first kappa shape index (κ1) is 23.4. The Morgan fingerprint density at radius 1 is 1.12 bits per heavy atom. The predicted octanol–water partition coefficient (Wildman–Crippen LogP) is 5.12. The number of carbonyl (C=O) groups excluding carboxylic acids is 2. The lowest BCUT2D eigenvalue weighted by atomic mass is 9.78. The van der Waals surface area contributed by atoms with Crippen LogP contribution in [0, 0.1) is 11.2 Å². The van der Waals surface area contributed by atoms with E-state index < -0.39 is 23.3 Å². The largest absolute Gasteiger partial charge is 0.469 e. The van der Waals surface area contributed by atoms with Crippen LogP contribution in [0.2, 0.25) is 0 Å². The van der Waals surface area contributed by atoms with Gasteiger partial charge in [-0.05, 0) is 40.0 Å². The smallest absolute Gasteiger partial charge is 0.313 e. The van der Waals surface area contributed by atoms with Crippen molar-refractivity contribution in [1.82, 2.24) is 0 Å². The maximum absolute atomic E-state index is 13.6. The fourth-order valence-electron chi connectivity index (χ4n) is 3.76. The number of rotatable bonds is 7. The number of Topliss-reactive ketones (excluding diaryl/α,β-unsaturated/α-hetero) is 1. The molecule has 1 aliphatic carbocycles. The zero-order chi connectivity index (χ0) is 23.3. The number of ether oxygens (including phenoxy) is 1. The van der Waals surface area contributed by atoms with E-state index >= 15 is 0 Å². The van der Waals surface area contributed by atoms with E-state index in [-0.39, 0.29) is 18.7 Å². The molecule has 0 amide bonds. The van der Waals surface area contributed by atoms with E-state index in [9.17, 15) is 19.1 Å². The number of ketones is 1. The van der Waals surface area contributed by atoms with E-state index in [1.807, 2.05) is 30.3 Å². The van der Waals surface area contributed by atoms with Crippen LogP contribution in [0.4, 0.5) is 4.39 Å². The van der Waals surface area contributed by atoms with Crippen molar-refractivity contribution < 1.29 is 23.8 Å². The number of fused-ring (bicyclic) bond motifs is 1. The van der Waals surface area contributed by atoms with E-state index in [1.54, 1.807) is 18.2 Å². The number of halogens is 1. The number of hydrogen-bond acceptors (Lipinski definition) is 4. The fraction of sp³-hybridized carbons (Fsp3) is 0.259. The summed E-state index contributed by atoms with van der Waals surface area (Å²) in [6.07, 6.45) is 5.95. The van der Waals surface area contributed by atoms with Gasteiger partial charge in [0.1, 0.15) is 18.0 Å². The molecule has 166 valence electrons. The highest BCUT2D eigenvalue weighted by molar-refractivity contribution is 5.95. The summed E-state index contributed by atoms with van der Waals surface area (Å²) in [6, 6.07) is 14.3. The Labute approximate surface area is 187 Å². The molecule has 0 aliphatic heterocycles. The van der Waals surface area contributed by atoms with Crippen LogP contribution in [0.25, 0.3) is 11.6 Å². The number of aliphatic hydroxyl groups excluding tert-OH is 1. The Morgan fingerprint density at radius 3 is 2.50 bits per heavy atom. The van der Waals surface area contributed by atoms with E-state index in [4.69, 9.17) is 0 Å². The van der Waals surface area contributed by atoms with Gasteiger partial charge in [0, 0.05) is 11.8 Å². The molecule has 0 saturated carbocycles. The molecule has 32 heavy (non-hydrogen) atoms. The van der Waals surface area contributed by atoms with Crippen LogP contribution in [-0.2, 0) is 14.3 Å². The van der Waals surface area contributed by atoms with Gasteiger partial charge < -0.3 is 9.84 Å². The van der Waals surface area contributed by atoms with Crippen LogP contribution in [0.15, 0.2) is 72.3 Å². The highest BCUT2D eigenvalue weighted by atomic mass is 19.1. The topological polar surface area (TPSA) is 63.6 Å². The molecule has 1 aliphatic rings. The lowest BCUT2D eigenvalue weighted by Gasteiger charge is -2.25. The quantitative estimate of drug-likeness (QED) is 0.485. The molecule has 0 fully saturated rings. The van der Waals surface area contributed by atoms with Gasteiger partial charge in [0.15, 0.2) is 0 Å². The van der Waals surface area contributed by atoms with Gasteiger partial charge in [-0.3, -0.25) is 9.59 Å². The molecule has 1 N–H and O–H groups in total. The van der Waals surface area contributed by atoms with Gasteiger partial charge in [0.05, 0.1) is 13.2 Å². The number of benzene rings is 2. The van der Waals surface area contributed by atoms with Crippen LogP contribution < -0.4 is 0 Å². The lowest BCUT2D eigenvalue weighted by molar-refractivity contribution is -0.143. The molecule has 3 rings (SSSR count). The van der Waals surface area contributed by atoms with Gasteiger partial charge in [0.25, 0.3) is 0 Å². The molecule has 0 saturated heterocycles. The average Bonchev–Trinajstić information content (AvgIpc) is 2.86. The summed E-state index contributed by atoms with van der Waals surface area (Å²) in [6.45, 7) is 4.13. The Morgan fingerprint density at radius 2 is 1.81 bits per heavy atom. The standard InChI is InChI=1S/C27H27FO4/c1-27(2)15-14-18-6-4-5-7-23(18)26(19-8-10-20(28)11-9-19)24(27)13-12-21(29)16-22(30)17-25(31)32-3/h4-15,21,29H,16-17H2,1-3H3. The maximum atomic E-state index is 13.6. The van der Waals surface area contributed by atoms with Gasteiger partial charge in [-0.1, -0.05) is 74.5 Å². The number of hydrogen-bond donors (Lipinski definition) is 1. The summed E-state index contributed by atoms with van der Waals surface area (Å²) < 4.78 is 18.1. The number of esters is 1. The molecular formula is C27H27FO4. The van der Waals surface area contributed by atoms with Gasteiger partial charge in [-0.2, -0.15) is 0 Å². The zero-order valence-corrected chi connectivity index (χ0v) is 18.5. The van der Waals surface area contributed by atoms with Gasteiger partial charge in [-0.25, -0.2) is 4.39 Å². The monoisotopic (exact) mass is 434 g/mol. The van der Waals surface area contributed by atoms with Crippen molar-refractivity contribution >= 4 is 23.4 Å². The van der Waals surface area contributed by atoms with Crippen LogP contribution in [0.5, 0.6) is 0 Å². The second-order valence-corrected chi connectivity index (χ2v) is 8.36. The molecule has 1 atom stereocenters. The molecule has 0 bridgehead atoms. The Kier molecular flexibility index (Phi) is 7.21. The Hall–Kier alpha value is -3.31. The van der Waals surface area contributed by atoms with E-state index in [1.165, 1.54) is 19.2 Å². The van der Waals surface area contributed by atoms with Gasteiger partial charge in [-0.15, -0.1) is 0 Å².